The highest BCUT2D eigenvalue weighted by Gasteiger charge is 2.25. The van der Waals surface area contributed by atoms with Gasteiger partial charge in [0.25, 0.3) is 0 Å². The zero-order valence-electron chi connectivity index (χ0n) is 10.3. The molecule has 0 heterocycles. The van der Waals surface area contributed by atoms with Gasteiger partial charge in [0.15, 0.2) is 0 Å². The van der Waals surface area contributed by atoms with Crippen LogP contribution in [0, 0.1) is 0 Å². The minimum absolute atomic E-state index is 0.277. The fourth-order valence-electron chi connectivity index (χ4n) is 1.43. The summed E-state index contributed by atoms with van der Waals surface area (Å²) in [5.41, 5.74) is -1.06. The number of rotatable bonds is 4. The van der Waals surface area contributed by atoms with E-state index in [0.717, 1.165) is 0 Å². The first-order chi connectivity index (χ1) is 9.45. The zero-order valence-corrected chi connectivity index (χ0v) is 11.2. The summed E-state index contributed by atoms with van der Waals surface area (Å²) in [4.78, 5) is 28.4. The van der Waals surface area contributed by atoms with Gasteiger partial charge in [-0.15, -0.1) is 0 Å². The molecule has 2 rings (SSSR count). The number of carbonyl (C=O) groups excluding carboxylic acids is 1. The molecule has 0 atom stereocenters. The first-order valence-corrected chi connectivity index (χ1v) is 7.26. The first-order valence-electron chi connectivity index (χ1n) is 5.65. The summed E-state index contributed by atoms with van der Waals surface area (Å²) >= 11 is 0. The van der Waals surface area contributed by atoms with E-state index in [2.05, 4.69) is 5.32 Å². The molecular weight excluding hydrogens is 281 g/mol. The Labute approximate surface area is 115 Å². The van der Waals surface area contributed by atoms with E-state index in [4.69, 9.17) is 14.5 Å². The lowest BCUT2D eigenvalue weighted by atomic mass is 10.3. The van der Waals surface area contributed by atoms with Crippen LogP contribution in [0.1, 0.15) is 0 Å². The molecule has 0 saturated heterocycles. The van der Waals surface area contributed by atoms with Gasteiger partial charge in [0, 0.05) is 5.69 Å². The molecule has 0 fully saturated rings. The molecule has 0 aliphatic heterocycles. The molecule has 20 heavy (non-hydrogen) atoms. The second-order valence-corrected chi connectivity index (χ2v) is 5.41. The van der Waals surface area contributed by atoms with Crippen LogP contribution in [0.5, 0.6) is 11.5 Å². The van der Waals surface area contributed by atoms with Crippen molar-refractivity contribution in [2.45, 2.75) is 0 Å². The van der Waals surface area contributed by atoms with Gasteiger partial charge < -0.3 is 19.8 Å². The Morgan fingerprint density at radius 2 is 1.50 bits per heavy atom. The summed E-state index contributed by atoms with van der Waals surface area (Å²) < 4.78 is 16.2. The van der Waals surface area contributed by atoms with Crippen molar-refractivity contribution < 1.29 is 23.9 Å². The minimum Gasteiger partial charge on any atom is -0.457 e. The smallest absolute Gasteiger partial charge is 0.413 e. The van der Waals surface area contributed by atoms with Crippen LogP contribution in [0.25, 0.3) is 0 Å². The average Bonchev–Trinajstić information content (AvgIpc) is 2.41. The summed E-state index contributed by atoms with van der Waals surface area (Å²) in [5.74, 6) is 1.21. The third-order valence-electron chi connectivity index (χ3n) is 2.35. The minimum atomic E-state index is -4.77. The molecule has 0 aliphatic carbocycles. The molecule has 6 nitrogen and oxygen atoms in total. The van der Waals surface area contributed by atoms with E-state index in [1.807, 2.05) is 18.2 Å². The van der Waals surface area contributed by atoms with Crippen molar-refractivity contribution in [1.29, 1.82) is 0 Å². The molecule has 104 valence electrons. The summed E-state index contributed by atoms with van der Waals surface area (Å²) in [6.07, 6.45) is 0. The van der Waals surface area contributed by atoms with Crippen LogP contribution >= 0.6 is 7.60 Å². The molecule has 3 N–H and O–H groups in total. The third kappa shape index (κ3) is 3.93. The Morgan fingerprint density at radius 1 is 0.950 bits per heavy atom. The topological polar surface area (TPSA) is 95.9 Å². The highest BCUT2D eigenvalue weighted by Crippen LogP contribution is 2.36. The van der Waals surface area contributed by atoms with E-state index in [1.165, 1.54) is 12.1 Å². The molecule has 0 spiro atoms. The van der Waals surface area contributed by atoms with E-state index >= 15 is 0 Å². The van der Waals surface area contributed by atoms with Crippen LogP contribution in [-0.2, 0) is 4.57 Å². The van der Waals surface area contributed by atoms with E-state index in [9.17, 15) is 9.36 Å². The van der Waals surface area contributed by atoms with Gasteiger partial charge in [0.05, 0.1) is 0 Å². The number of benzene rings is 2. The van der Waals surface area contributed by atoms with E-state index in [-0.39, 0.29) is 5.69 Å². The van der Waals surface area contributed by atoms with Crippen LogP contribution in [0.3, 0.4) is 0 Å². The molecule has 1 amide bonds. The highest BCUT2D eigenvalue weighted by molar-refractivity contribution is 7.70. The molecule has 2 aromatic rings. The van der Waals surface area contributed by atoms with Gasteiger partial charge in [-0.1, -0.05) is 18.2 Å². The predicted octanol–water partition coefficient (Wildman–Crippen LogP) is 3.19. The molecule has 0 unspecified atom stereocenters. The van der Waals surface area contributed by atoms with Crippen molar-refractivity contribution in [3.63, 3.8) is 0 Å². The van der Waals surface area contributed by atoms with Crippen LogP contribution in [-0.4, -0.2) is 15.4 Å². The number of para-hydroxylation sites is 1. The number of nitrogens with one attached hydrogen (secondary N) is 1. The van der Waals surface area contributed by atoms with Crippen LogP contribution in [0.2, 0.25) is 0 Å². The normalized spacial score (nSPS) is 10.9. The van der Waals surface area contributed by atoms with Crippen molar-refractivity contribution in [3.8, 4) is 11.5 Å². The quantitative estimate of drug-likeness (QED) is 0.752. The number of hydrogen-bond donors (Lipinski definition) is 3. The van der Waals surface area contributed by atoms with Crippen LogP contribution < -0.4 is 10.1 Å². The summed E-state index contributed by atoms with van der Waals surface area (Å²) in [6.45, 7) is 0. The van der Waals surface area contributed by atoms with Gasteiger partial charge in [0.1, 0.15) is 11.5 Å². The lowest BCUT2D eigenvalue weighted by Gasteiger charge is -2.08. The Morgan fingerprint density at radius 3 is 2.05 bits per heavy atom. The number of carbonyl (C=O) groups is 1. The Hall–Kier alpha value is -2.14. The Bertz CT molecular complexity index is 636. The van der Waals surface area contributed by atoms with E-state index in [0.29, 0.717) is 11.5 Å². The van der Waals surface area contributed by atoms with Crippen LogP contribution in [0.15, 0.2) is 54.6 Å². The molecular formula is C13H12NO5P. The van der Waals surface area contributed by atoms with Gasteiger partial charge in [-0.25, -0.2) is 4.57 Å². The van der Waals surface area contributed by atoms with Gasteiger partial charge in [0.2, 0.25) is 0 Å². The molecule has 2 aromatic carbocycles. The lowest BCUT2D eigenvalue weighted by Crippen LogP contribution is -2.09. The maximum atomic E-state index is 11.1. The zero-order chi connectivity index (χ0) is 14.6. The summed E-state index contributed by atoms with van der Waals surface area (Å²) in [7, 11) is -4.77. The second kappa shape index (κ2) is 5.88. The van der Waals surface area contributed by atoms with Crippen molar-refractivity contribution >= 4 is 18.9 Å². The lowest BCUT2D eigenvalue weighted by molar-refractivity contribution is 0.258. The van der Waals surface area contributed by atoms with Crippen molar-refractivity contribution in [2.75, 3.05) is 5.32 Å². The molecule has 0 radical (unpaired) electrons. The maximum absolute atomic E-state index is 11.1. The van der Waals surface area contributed by atoms with Gasteiger partial charge >= 0.3 is 13.2 Å². The first kappa shape index (κ1) is 14.3. The highest BCUT2D eigenvalue weighted by atomic mass is 31.2. The van der Waals surface area contributed by atoms with E-state index < -0.39 is 13.2 Å². The molecule has 7 heteroatoms. The molecule has 0 bridgehead atoms. The number of amides is 1. The molecule has 0 saturated carbocycles. The van der Waals surface area contributed by atoms with Gasteiger partial charge in [-0.2, -0.15) is 0 Å². The fraction of sp³-hybridized carbons (Fsp3) is 0. The summed E-state index contributed by atoms with van der Waals surface area (Å²) in [5, 5.41) is 2.12. The monoisotopic (exact) mass is 293 g/mol. The second-order valence-electron chi connectivity index (χ2n) is 3.91. The van der Waals surface area contributed by atoms with Gasteiger partial charge in [-0.05, 0) is 36.4 Å². The van der Waals surface area contributed by atoms with E-state index in [1.54, 1.807) is 24.3 Å². The average molecular weight is 293 g/mol. The largest absolute Gasteiger partial charge is 0.457 e. The van der Waals surface area contributed by atoms with Crippen molar-refractivity contribution in [1.82, 2.24) is 0 Å². The SMILES string of the molecule is O=C(Nc1ccc(Oc2ccccc2)cc1)P(=O)(O)O. The Kier molecular flexibility index (Phi) is 4.20. The maximum Gasteiger partial charge on any atom is 0.413 e. The van der Waals surface area contributed by atoms with Crippen molar-refractivity contribution in [2.24, 2.45) is 0 Å². The third-order valence-corrected chi connectivity index (χ3v) is 2.99. The number of anilines is 1. The molecule has 0 aliphatic rings. The standard InChI is InChI=1S/C13H12NO5P/c15-13(20(16,17)18)14-10-6-8-12(9-7-10)19-11-4-2-1-3-5-11/h1-9H,(H,14,15)(H2,16,17,18). The fourth-order valence-corrected chi connectivity index (χ4v) is 1.70. The number of hydrogen-bond acceptors (Lipinski definition) is 3. The molecule has 0 aromatic heterocycles. The van der Waals surface area contributed by atoms with Crippen LogP contribution in [0.4, 0.5) is 10.5 Å². The Balaban J connectivity index is 2.04. The van der Waals surface area contributed by atoms with Crippen molar-refractivity contribution in [3.05, 3.63) is 54.6 Å². The summed E-state index contributed by atoms with van der Waals surface area (Å²) in [6, 6.07) is 15.3. The number of ether oxygens (including phenoxy) is 1. The van der Waals surface area contributed by atoms with Gasteiger partial charge in [-0.3, -0.25) is 4.79 Å². The predicted molar refractivity (Wildman–Crippen MR) is 74.0 cm³/mol.